The first kappa shape index (κ1) is 10.6. The highest BCUT2D eigenvalue weighted by Gasteiger charge is 2.16. The van der Waals surface area contributed by atoms with Gasteiger partial charge in [-0.05, 0) is 18.2 Å². The fourth-order valence-corrected chi connectivity index (χ4v) is 1.10. The summed E-state index contributed by atoms with van der Waals surface area (Å²) in [6, 6.07) is 4.48. The highest BCUT2D eigenvalue weighted by atomic mass is 16.4. The lowest BCUT2D eigenvalue weighted by Gasteiger charge is -2.09. The van der Waals surface area contributed by atoms with Crippen LogP contribution in [0.2, 0.25) is 0 Å². The van der Waals surface area contributed by atoms with Gasteiger partial charge in [-0.3, -0.25) is 4.79 Å². The van der Waals surface area contributed by atoms with Crippen molar-refractivity contribution in [3.05, 3.63) is 18.2 Å². The van der Waals surface area contributed by atoms with Crippen LogP contribution in [0.3, 0.4) is 0 Å². The van der Waals surface area contributed by atoms with E-state index >= 15 is 0 Å². The molecule has 0 aliphatic carbocycles. The Morgan fingerprint density at radius 1 is 1.50 bits per heavy atom. The summed E-state index contributed by atoms with van der Waals surface area (Å²) >= 11 is 0. The smallest absolute Gasteiger partial charge is 0.423 e. The van der Waals surface area contributed by atoms with Gasteiger partial charge in [0.1, 0.15) is 0 Å². The molecule has 0 aliphatic heterocycles. The van der Waals surface area contributed by atoms with Gasteiger partial charge in [0.05, 0.1) is 0 Å². The fraction of sp³-hybridized carbons (Fsp3) is 0.125. The lowest BCUT2D eigenvalue weighted by atomic mass is 9.78. The van der Waals surface area contributed by atoms with Crippen molar-refractivity contribution in [2.75, 3.05) is 11.1 Å². The number of carbonyl (C=O) groups excluding carboxylic acids is 1. The van der Waals surface area contributed by atoms with Crippen molar-refractivity contribution in [3.63, 3.8) is 0 Å². The summed E-state index contributed by atoms with van der Waals surface area (Å²) in [6.07, 6.45) is 0. The van der Waals surface area contributed by atoms with Gasteiger partial charge in [-0.15, -0.1) is 0 Å². The Hall–Kier alpha value is -1.53. The van der Waals surface area contributed by atoms with Crippen molar-refractivity contribution in [3.8, 4) is 0 Å². The molecule has 0 heterocycles. The summed E-state index contributed by atoms with van der Waals surface area (Å²) in [4.78, 5) is 10.8. The number of nitrogen functional groups attached to an aromatic ring is 1. The number of benzene rings is 1. The number of anilines is 2. The van der Waals surface area contributed by atoms with E-state index in [1.807, 2.05) is 0 Å². The van der Waals surface area contributed by atoms with Crippen LogP contribution in [0.1, 0.15) is 6.92 Å². The van der Waals surface area contributed by atoms with E-state index in [0.29, 0.717) is 11.4 Å². The molecular formula is C8H11BN2O3. The van der Waals surface area contributed by atoms with Crippen LogP contribution in [0, 0.1) is 0 Å². The van der Waals surface area contributed by atoms with Crippen LogP contribution in [0.5, 0.6) is 0 Å². The Kier molecular flexibility index (Phi) is 3.11. The van der Waals surface area contributed by atoms with Crippen LogP contribution in [0.25, 0.3) is 0 Å². The van der Waals surface area contributed by atoms with Gasteiger partial charge in [0.25, 0.3) is 0 Å². The summed E-state index contributed by atoms with van der Waals surface area (Å²) in [5, 5.41) is 20.4. The molecule has 74 valence electrons. The molecule has 0 aliphatic rings. The monoisotopic (exact) mass is 194 g/mol. The average Bonchev–Trinajstić information content (AvgIpc) is 2.07. The van der Waals surface area contributed by atoms with Crippen LogP contribution in [0.15, 0.2) is 18.2 Å². The number of nitrogens with two attached hydrogens (primary N) is 1. The van der Waals surface area contributed by atoms with Gasteiger partial charge < -0.3 is 21.1 Å². The molecule has 1 amide bonds. The topological polar surface area (TPSA) is 95.6 Å². The van der Waals surface area contributed by atoms with E-state index in [2.05, 4.69) is 5.32 Å². The molecule has 5 N–H and O–H groups in total. The van der Waals surface area contributed by atoms with Crippen LogP contribution in [0.4, 0.5) is 11.4 Å². The number of hydrogen-bond donors (Lipinski definition) is 4. The molecule has 0 atom stereocenters. The van der Waals surface area contributed by atoms with Gasteiger partial charge in [-0.25, -0.2) is 0 Å². The zero-order valence-corrected chi connectivity index (χ0v) is 7.69. The Morgan fingerprint density at radius 3 is 2.64 bits per heavy atom. The molecule has 1 aromatic rings. The minimum atomic E-state index is -1.65. The van der Waals surface area contributed by atoms with Crippen LogP contribution in [-0.4, -0.2) is 23.1 Å². The standard InChI is InChI=1S/C8H11BN2O3/c1-5(12)11-8-3-2-6(10)4-7(8)9(13)14/h2-4,13-14H,10H2,1H3,(H,11,12). The summed E-state index contributed by atoms with van der Waals surface area (Å²) in [5.41, 5.74) is 6.40. The SMILES string of the molecule is CC(=O)Nc1ccc(N)cc1B(O)O. The summed E-state index contributed by atoms with van der Waals surface area (Å²) in [6.45, 7) is 1.34. The molecule has 0 unspecified atom stereocenters. The minimum Gasteiger partial charge on any atom is -0.423 e. The normalized spacial score (nSPS) is 9.64. The third-order valence-electron chi connectivity index (χ3n) is 1.66. The van der Waals surface area contributed by atoms with E-state index in [0.717, 1.165) is 0 Å². The molecule has 0 saturated carbocycles. The van der Waals surface area contributed by atoms with Crippen LogP contribution in [-0.2, 0) is 4.79 Å². The van der Waals surface area contributed by atoms with Crippen molar-refractivity contribution in [1.82, 2.24) is 0 Å². The number of hydrogen-bond acceptors (Lipinski definition) is 4. The van der Waals surface area contributed by atoms with Gasteiger partial charge in [-0.2, -0.15) is 0 Å². The number of amides is 1. The Morgan fingerprint density at radius 2 is 2.14 bits per heavy atom. The van der Waals surface area contributed by atoms with Crippen molar-refractivity contribution in [2.24, 2.45) is 0 Å². The maximum Gasteiger partial charge on any atom is 0.490 e. The molecule has 5 nitrogen and oxygen atoms in total. The zero-order chi connectivity index (χ0) is 10.7. The third kappa shape index (κ3) is 2.48. The second kappa shape index (κ2) is 4.12. The van der Waals surface area contributed by atoms with Crippen LogP contribution < -0.4 is 16.5 Å². The summed E-state index contributed by atoms with van der Waals surface area (Å²) in [7, 11) is -1.65. The molecule has 1 rings (SSSR count). The predicted octanol–water partition coefficient (Wildman–Crippen LogP) is -1.09. The Labute approximate surface area is 81.7 Å². The molecule has 6 heteroatoms. The highest BCUT2D eigenvalue weighted by molar-refractivity contribution is 6.60. The first-order valence-electron chi connectivity index (χ1n) is 4.04. The van der Waals surface area contributed by atoms with Crippen molar-refractivity contribution >= 4 is 29.9 Å². The lowest BCUT2D eigenvalue weighted by molar-refractivity contribution is -0.114. The third-order valence-corrected chi connectivity index (χ3v) is 1.66. The van der Waals surface area contributed by atoms with E-state index in [-0.39, 0.29) is 11.4 Å². The fourth-order valence-electron chi connectivity index (χ4n) is 1.10. The van der Waals surface area contributed by atoms with Crippen molar-refractivity contribution in [1.29, 1.82) is 0 Å². The van der Waals surface area contributed by atoms with Gasteiger partial charge in [0, 0.05) is 23.8 Å². The first-order valence-corrected chi connectivity index (χ1v) is 4.04. The Balaban J connectivity index is 3.08. The maximum absolute atomic E-state index is 10.8. The molecular weight excluding hydrogens is 183 g/mol. The lowest BCUT2D eigenvalue weighted by Crippen LogP contribution is -2.33. The Bertz CT molecular complexity index is 354. The largest absolute Gasteiger partial charge is 0.490 e. The summed E-state index contributed by atoms with van der Waals surface area (Å²) < 4.78 is 0. The van der Waals surface area contributed by atoms with Crippen molar-refractivity contribution < 1.29 is 14.8 Å². The molecule has 0 aromatic heterocycles. The molecule has 14 heavy (non-hydrogen) atoms. The van der Waals surface area contributed by atoms with E-state index in [9.17, 15) is 4.79 Å². The van der Waals surface area contributed by atoms with Gasteiger partial charge >= 0.3 is 7.12 Å². The quantitative estimate of drug-likeness (QED) is 0.355. The molecule has 0 bridgehead atoms. The molecule has 0 radical (unpaired) electrons. The number of nitrogens with one attached hydrogen (secondary N) is 1. The highest BCUT2D eigenvalue weighted by Crippen LogP contribution is 2.08. The number of carbonyl (C=O) groups is 1. The van der Waals surface area contributed by atoms with Gasteiger partial charge in [0.2, 0.25) is 5.91 Å². The predicted molar refractivity (Wildman–Crippen MR) is 55.0 cm³/mol. The van der Waals surface area contributed by atoms with Crippen molar-refractivity contribution in [2.45, 2.75) is 6.92 Å². The maximum atomic E-state index is 10.8. The number of rotatable bonds is 2. The van der Waals surface area contributed by atoms with Gasteiger partial charge in [0.15, 0.2) is 0 Å². The first-order chi connectivity index (χ1) is 6.50. The second-order valence-corrected chi connectivity index (χ2v) is 2.90. The molecule has 0 saturated heterocycles. The van der Waals surface area contributed by atoms with E-state index in [4.69, 9.17) is 15.8 Å². The second-order valence-electron chi connectivity index (χ2n) is 2.90. The molecule has 0 fully saturated rings. The van der Waals surface area contributed by atoms with E-state index < -0.39 is 7.12 Å². The van der Waals surface area contributed by atoms with Gasteiger partial charge in [-0.1, -0.05) is 0 Å². The van der Waals surface area contributed by atoms with Crippen LogP contribution >= 0.6 is 0 Å². The zero-order valence-electron chi connectivity index (χ0n) is 7.69. The summed E-state index contributed by atoms with van der Waals surface area (Å²) in [5.74, 6) is -0.281. The van der Waals surface area contributed by atoms with E-state index in [1.54, 1.807) is 6.07 Å². The average molecular weight is 194 g/mol. The molecule has 0 spiro atoms. The van der Waals surface area contributed by atoms with E-state index in [1.165, 1.54) is 19.1 Å². The minimum absolute atomic E-state index is 0.181. The molecule has 1 aromatic carbocycles.